The summed E-state index contributed by atoms with van der Waals surface area (Å²) in [5.41, 5.74) is 0. The van der Waals surface area contributed by atoms with Gasteiger partial charge in [-0.1, -0.05) is 0 Å². The van der Waals surface area contributed by atoms with E-state index in [0.29, 0.717) is 19.4 Å². The normalized spacial score (nSPS) is 26.1. The zero-order valence-electron chi connectivity index (χ0n) is 8.16. The molecule has 0 aromatic rings. The van der Waals surface area contributed by atoms with Gasteiger partial charge in [0.15, 0.2) is 0 Å². The summed E-state index contributed by atoms with van der Waals surface area (Å²) in [6.07, 6.45) is -1.79. The standard InChI is InChI=1S/C9H12F2N2O2/c10-8(11)9(15)12-3-4-13-6(5-12)1-2-7(13)14/h6,8H,1-5H2. The Bertz CT molecular complexity index is 296. The highest BCUT2D eigenvalue weighted by atomic mass is 19.3. The van der Waals surface area contributed by atoms with Crippen LogP contribution in [0.15, 0.2) is 0 Å². The van der Waals surface area contributed by atoms with Crippen LogP contribution in [0.25, 0.3) is 0 Å². The summed E-state index contributed by atoms with van der Waals surface area (Å²) < 4.78 is 24.3. The molecule has 0 aromatic heterocycles. The minimum absolute atomic E-state index is 0.0473. The second-order valence-corrected chi connectivity index (χ2v) is 3.86. The molecular formula is C9H12F2N2O2. The van der Waals surface area contributed by atoms with Crippen molar-refractivity contribution in [3.8, 4) is 0 Å². The number of rotatable bonds is 1. The number of nitrogens with zero attached hydrogens (tertiary/aromatic N) is 2. The third-order valence-electron chi connectivity index (χ3n) is 2.99. The molecule has 0 spiro atoms. The summed E-state index contributed by atoms with van der Waals surface area (Å²) in [6, 6.07) is -0.0473. The number of hydrogen-bond acceptors (Lipinski definition) is 2. The van der Waals surface area contributed by atoms with Crippen LogP contribution in [0.4, 0.5) is 8.78 Å². The van der Waals surface area contributed by atoms with Gasteiger partial charge >= 0.3 is 6.43 Å². The fourth-order valence-corrected chi connectivity index (χ4v) is 2.20. The molecule has 0 aromatic carbocycles. The van der Waals surface area contributed by atoms with Gasteiger partial charge in [-0.05, 0) is 6.42 Å². The lowest BCUT2D eigenvalue weighted by atomic mass is 10.1. The topological polar surface area (TPSA) is 40.6 Å². The van der Waals surface area contributed by atoms with Crippen molar-refractivity contribution >= 4 is 11.8 Å². The largest absolute Gasteiger partial charge is 0.336 e. The number of piperazine rings is 1. The van der Waals surface area contributed by atoms with Gasteiger partial charge in [-0.2, -0.15) is 8.78 Å². The van der Waals surface area contributed by atoms with E-state index in [2.05, 4.69) is 0 Å². The number of carbonyl (C=O) groups is 2. The summed E-state index contributed by atoms with van der Waals surface area (Å²) >= 11 is 0. The second-order valence-electron chi connectivity index (χ2n) is 3.86. The number of hydrogen-bond donors (Lipinski definition) is 0. The summed E-state index contributed by atoms with van der Waals surface area (Å²) in [5, 5.41) is 0. The zero-order chi connectivity index (χ0) is 11.0. The zero-order valence-corrected chi connectivity index (χ0v) is 8.16. The smallest absolute Gasteiger partial charge is 0.315 e. The summed E-state index contributed by atoms with van der Waals surface area (Å²) in [6.45, 7) is 0.877. The van der Waals surface area contributed by atoms with Gasteiger partial charge in [-0.15, -0.1) is 0 Å². The van der Waals surface area contributed by atoms with Gasteiger partial charge in [0.05, 0.1) is 0 Å². The lowest BCUT2D eigenvalue weighted by Crippen LogP contribution is -2.54. The first-order valence-corrected chi connectivity index (χ1v) is 4.96. The number of alkyl halides is 2. The van der Waals surface area contributed by atoms with Crippen LogP contribution >= 0.6 is 0 Å². The molecule has 2 fully saturated rings. The van der Waals surface area contributed by atoms with Crippen LogP contribution in [0, 0.1) is 0 Å². The van der Waals surface area contributed by atoms with E-state index in [4.69, 9.17) is 0 Å². The van der Waals surface area contributed by atoms with Crippen LogP contribution in [-0.4, -0.2) is 53.7 Å². The van der Waals surface area contributed by atoms with E-state index in [1.807, 2.05) is 0 Å². The molecule has 2 heterocycles. The molecule has 84 valence electrons. The average molecular weight is 218 g/mol. The average Bonchev–Trinajstić information content (AvgIpc) is 2.59. The molecule has 2 amide bonds. The van der Waals surface area contributed by atoms with Crippen LogP contribution in [0.1, 0.15) is 12.8 Å². The lowest BCUT2D eigenvalue weighted by Gasteiger charge is -2.37. The first-order chi connectivity index (χ1) is 7.09. The molecule has 1 unspecified atom stereocenters. The second kappa shape index (κ2) is 3.75. The maximum absolute atomic E-state index is 12.2. The highest BCUT2D eigenvalue weighted by Crippen LogP contribution is 2.23. The van der Waals surface area contributed by atoms with Gasteiger partial charge in [-0.3, -0.25) is 9.59 Å². The van der Waals surface area contributed by atoms with Crippen molar-refractivity contribution in [1.29, 1.82) is 0 Å². The Kier molecular flexibility index (Phi) is 2.58. The molecule has 0 N–H and O–H groups in total. The third-order valence-corrected chi connectivity index (χ3v) is 2.99. The Balaban J connectivity index is 1.99. The molecule has 0 aliphatic carbocycles. The quantitative estimate of drug-likeness (QED) is 0.625. The number of halogens is 2. The fraction of sp³-hybridized carbons (Fsp3) is 0.778. The van der Waals surface area contributed by atoms with E-state index in [0.717, 1.165) is 4.90 Å². The van der Waals surface area contributed by atoms with Gasteiger partial charge in [-0.25, -0.2) is 0 Å². The Morgan fingerprint density at radius 3 is 2.80 bits per heavy atom. The third kappa shape index (κ3) is 1.80. The van der Waals surface area contributed by atoms with Crippen LogP contribution in [-0.2, 0) is 9.59 Å². The van der Waals surface area contributed by atoms with Crippen molar-refractivity contribution < 1.29 is 18.4 Å². The van der Waals surface area contributed by atoms with E-state index in [-0.39, 0.29) is 25.0 Å². The molecule has 15 heavy (non-hydrogen) atoms. The molecule has 2 aliphatic rings. The molecule has 1 atom stereocenters. The van der Waals surface area contributed by atoms with Gasteiger partial charge in [0.2, 0.25) is 5.91 Å². The highest BCUT2D eigenvalue weighted by molar-refractivity contribution is 5.81. The predicted molar refractivity (Wildman–Crippen MR) is 47.3 cm³/mol. The first-order valence-electron chi connectivity index (χ1n) is 4.96. The van der Waals surface area contributed by atoms with E-state index < -0.39 is 12.3 Å². The number of fused-ring (bicyclic) bond motifs is 1. The molecular weight excluding hydrogens is 206 g/mol. The number of amides is 2. The SMILES string of the molecule is O=C(C(F)F)N1CCN2C(=O)CCC2C1. The monoisotopic (exact) mass is 218 g/mol. The van der Waals surface area contributed by atoms with E-state index in [1.165, 1.54) is 0 Å². The molecule has 2 aliphatic heterocycles. The van der Waals surface area contributed by atoms with Crippen molar-refractivity contribution in [3.63, 3.8) is 0 Å². The molecule has 2 rings (SSSR count). The molecule has 0 bridgehead atoms. The van der Waals surface area contributed by atoms with Crippen molar-refractivity contribution in [3.05, 3.63) is 0 Å². The van der Waals surface area contributed by atoms with Crippen molar-refractivity contribution in [2.45, 2.75) is 25.3 Å². The van der Waals surface area contributed by atoms with Crippen LogP contribution in [0.5, 0.6) is 0 Å². The van der Waals surface area contributed by atoms with Crippen molar-refractivity contribution in [1.82, 2.24) is 9.80 Å². The molecule has 2 saturated heterocycles. The van der Waals surface area contributed by atoms with Gasteiger partial charge in [0, 0.05) is 32.1 Å². The minimum Gasteiger partial charge on any atom is -0.336 e. The van der Waals surface area contributed by atoms with Crippen molar-refractivity contribution in [2.24, 2.45) is 0 Å². The van der Waals surface area contributed by atoms with Crippen LogP contribution < -0.4 is 0 Å². The Morgan fingerprint density at radius 2 is 2.13 bits per heavy atom. The van der Waals surface area contributed by atoms with E-state index in [9.17, 15) is 18.4 Å². The Hall–Kier alpha value is -1.20. The van der Waals surface area contributed by atoms with Crippen LogP contribution in [0.3, 0.4) is 0 Å². The Labute approximate surface area is 85.8 Å². The fourth-order valence-electron chi connectivity index (χ4n) is 2.20. The molecule has 0 saturated carbocycles. The van der Waals surface area contributed by atoms with Crippen molar-refractivity contribution in [2.75, 3.05) is 19.6 Å². The first kappa shape index (κ1) is 10.3. The van der Waals surface area contributed by atoms with E-state index >= 15 is 0 Å². The maximum Gasteiger partial charge on any atom is 0.315 e. The van der Waals surface area contributed by atoms with Crippen LogP contribution in [0.2, 0.25) is 0 Å². The maximum atomic E-state index is 12.2. The van der Waals surface area contributed by atoms with E-state index in [1.54, 1.807) is 4.90 Å². The molecule has 6 heteroatoms. The minimum atomic E-state index is -2.94. The van der Waals surface area contributed by atoms with Gasteiger partial charge in [0.25, 0.3) is 5.91 Å². The lowest BCUT2D eigenvalue weighted by molar-refractivity contribution is -0.147. The molecule has 0 radical (unpaired) electrons. The Morgan fingerprint density at radius 1 is 1.40 bits per heavy atom. The summed E-state index contributed by atoms with van der Waals surface area (Å²) in [4.78, 5) is 25.2. The summed E-state index contributed by atoms with van der Waals surface area (Å²) in [5.74, 6) is -1.04. The molecule has 4 nitrogen and oxygen atoms in total. The predicted octanol–water partition coefficient (Wildman–Crippen LogP) is 0.0847. The van der Waals surface area contributed by atoms with Gasteiger partial charge in [0.1, 0.15) is 0 Å². The number of carbonyl (C=O) groups excluding carboxylic acids is 2. The highest BCUT2D eigenvalue weighted by Gasteiger charge is 2.38. The summed E-state index contributed by atoms with van der Waals surface area (Å²) in [7, 11) is 0. The van der Waals surface area contributed by atoms with Gasteiger partial charge < -0.3 is 9.80 Å².